The highest BCUT2D eigenvalue weighted by Gasteiger charge is 2.34. The smallest absolute Gasteiger partial charge is 0.318 e. The third-order valence-corrected chi connectivity index (χ3v) is 9.51. The van der Waals surface area contributed by atoms with Crippen LogP contribution in [0.2, 0.25) is 0 Å². The average Bonchev–Trinajstić information content (AvgIpc) is 3.52. The van der Waals surface area contributed by atoms with Gasteiger partial charge in [-0.25, -0.2) is 0 Å². The number of hydrogen-bond donors (Lipinski definition) is 0. The van der Waals surface area contributed by atoms with Crippen LogP contribution >= 0.6 is 0 Å². The van der Waals surface area contributed by atoms with Gasteiger partial charge in [-0.2, -0.15) is 15.2 Å². The van der Waals surface area contributed by atoms with E-state index in [4.69, 9.17) is 14.7 Å². The van der Waals surface area contributed by atoms with Crippen molar-refractivity contribution in [3.05, 3.63) is 65.9 Å². The van der Waals surface area contributed by atoms with Crippen LogP contribution in [0.5, 0.6) is 6.01 Å². The van der Waals surface area contributed by atoms with Crippen LogP contribution in [-0.2, 0) is 17.8 Å². The summed E-state index contributed by atoms with van der Waals surface area (Å²) in [6, 6.07) is 16.3. The first kappa shape index (κ1) is 29.9. The molecule has 0 aliphatic carbocycles. The van der Waals surface area contributed by atoms with Crippen molar-refractivity contribution in [1.82, 2.24) is 19.8 Å². The predicted octanol–water partition coefficient (Wildman–Crippen LogP) is 4.87. The number of anilines is 2. The minimum atomic E-state index is -0.230. The average molecular weight is 594 g/mol. The number of ether oxygens (including phenoxy) is 1. The molecule has 0 N–H and O–H groups in total. The Morgan fingerprint density at radius 3 is 2.70 bits per heavy atom. The Hall–Kier alpha value is -4.16. The van der Waals surface area contributed by atoms with Gasteiger partial charge in [-0.15, -0.1) is 0 Å². The zero-order chi connectivity index (χ0) is 30.8. The molecule has 3 aliphatic heterocycles. The molecular formula is C35H43N7O2. The van der Waals surface area contributed by atoms with Crippen LogP contribution in [0.25, 0.3) is 10.8 Å². The molecule has 9 nitrogen and oxygen atoms in total. The number of piperazine rings is 1. The maximum Gasteiger partial charge on any atom is 0.318 e. The Bertz CT molecular complexity index is 1580. The number of nitriles is 1. The van der Waals surface area contributed by atoms with Gasteiger partial charge in [-0.1, -0.05) is 36.9 Å². The minimum Gasteiger partial charge on any atom is -0.462 e. The van der Waals surface area contributed by atoms with Crippen molar-refractivity contribution in [2.45, 2.75) is 71.1 Å². The monoisotopic (exact) mass is 593 g/mol. The fourth-order valence-corrected chi connectivity index (χ4v) is 7.31. The number of likely N-dealkylation sites (tertiary alicyclic amines) is 1. The van der Waals surface area contributed by atoms with Gasteiger partial charge in [0.25, 0.3) is 0 Å². The molecular weight excluding hydrogens is 550 g/mol. The lowest BCUT2D eigenvalue weighted by atomic mass is 9.99. The van der Waals surface area contributed by atoms with Gasteiger partial charge in [0.2, 0.25) is 5.91 Å². The van der Waals surface area contributed by atoms with Crippen molar-refractivity contribution >= 4 is 28.2 Å². The summed E-state index contributed by atoms with van der Waals surface area (Å²) in [4.78, 5) is 31.6. The van der Waals surface area contributed by atoms with Crippen LogP contribution in [0.15, 0.2) is 49.1 Å². The lowest BCUT2D eigenvalue weighted by Crippen LogP contribution is -2.55. The van der Waals surface area contributed by atoms with E-state index in [1.807, 2.05) is 0 Å². The molecule has 4 heterocycles. The molecule has 9 heteroatoms. The molecule has 2 saturated heterocycles. The molecule has 6 rings (SSSR count). The lowest BCUT2D eigenvalue weighted by molar-refractivity contribution is -0.128. The second-order valence-electron chi connectivity index (χ2n) is 12.5. The molecule has 3 aliphatic rings. The van der Waals surface area contributed by atoms with E-state index in [9.17, 15) is 10.1 Å². The molecule has 2 fully saturated rings. The van der Waals surface area contributed by atoms with Crippen molar-refractivity contribution in [3.8, 4) is 12.1 Å². The normalized spacial score (nSPS) is 20.6. The number of benzene rings is 2. The van der Waals surface area contributed by atoms with Gasteiger partial charge < -0.3 is 19.4 Å². The van der Waals surface area contributed by atoms with E-state index in [2.05, 4.69) is 84.5 Å². The number of aromatic nitrogens is 2. The topological polar surface area (TPSA) is 88.8 Å². The highest BCUT2D eigenvalue weighted by molar-refractivity contribution is 5.97. The Morgan fingerprint density at radius 2 is 1.93 bits per heavy atom. The fraction of sp³-hybridized carbons (Fsp3) is 0.486. The first-order valence-electron chi connectivity index (χ1n) is 15.9. The fourth-order valence-electron chi connectivity index (χ4n) is 7.31. The van der Waals surface area contributed by atoms with E-state index in [-0.39, 0.29) is 18.4 Å². The zero-order valence-electron chi connectivity index (χ0n) is 26.2. The van der Waals surface area contributed by atoms with Crippen LogP contribution in [0, 0.1) is 18.3 Å². The number of carbonyl (C=O) groups is 1. The summed E-state index contributed by atoms with van der Waals surface area (Å²) < 4.78 is 6.41. The van der Waals surface area contributed by atoms with Crippen LogP contribution < -0.4 is 14.5 Å². The Balaban J connectivity index is 1.34. The van der Waals surface area contributed by atoms with E-state index in [0.29, 0.717) is 50.9 Å². The molecule has 1 aromatic heterocycles. The number of carbonyl (C=O) groups excluding carboxylic acids is 1. The van der Waals surface area contributed by atoms with Gasteiger partial charge in [-0.3, -0.25) is 9.69 Å². The number of amides is 1. The van der Waals surface area contributed by atoms with Gasteiger partial charge in [0.1, 0.15) is 12.4 Å². The highest BCUT2D eigenvalue weighted by Crippen LogP contribution is 2.36. The third kappa shape index (κ3) is 5.83. The van der Waals surface area contributed by atoms with Gasteiger partial charge in [0.15, 0.2) is 0 Å². The second-order valence-corrected chi connectivity index (χ2v) is 12.5. The number of rotatable bonds is 8. The Kier molecular flexibility index (Phi) is 8.72. The van der Waals surface area contributed by atoms with Crippen molar-refractivity contribution in [2.24, 2.45) is 0 Å². The number of hydrogen-bond acceptors (Lipinski definition) is 8. The third-order valence-electron chi connectivity index (χ3n) is 9.51. The molecule has 0 radical (unpaired) electrons. The Labute approximate surface area is 260 Å². The SMILES string of the molecule is C=CC(=O)N1CCN(c2nc(OC[C@@H]3CCCN3C(C)C)nc3c2CCN(c2cccc4cccc(C)c24)C3)C[C@@H]1CC#N. The van der Waals surface area contributed by atoms with E-state index in [0.717, 1.165) is 43.0 Å². The van der Waals surface area contributed by atoms with E-state index < -0.39 is 0 Å². The first-order valence-corrected chi connectivity index (χ1v) is 15.9. The van der Waals surface area contributed by atoms with Crippen molar-refractivity contribution in [3.63, 3.8) is 0 Å². The number of aryl methyl sites for hydroxylation is 1. The van der Waals surface area contributed by atoms with E-state index in [1.54, 1.807) is 4.90 Å². The standard InChI is InChI=1S/C35H43N7O2/c1-5-32(43)42-20-19-40(21-27(42)14-16-36)34-29-15-18-39(31-13-7-11-26-10-6-9-25(4)33(26)31)22-30(29)37-35(38-34)44-23-28-12-8-17-41(28)24(2)3/h5-7,9-11,13,24,27-28H,1,8,12,14-15,17-23H2,2-4H3/t27-,28-/m0/s1. The molecule has 0 saturated carbocycles. The quantitative estimate of drug-likeness (QED) is 0.342. The molecule has 0 spiro atoms. The van der Waals surface area contributed by atoms with Gasteiger partial charge in [0.05, 0.1) is 30.8 Å². The maximum absolute atomic E-state index is 12.6. The highest BCUT2D eigenvalue weighted by atomic mass is 16.5. The van der Waals surface area contributed by atoms with Crippen LogP contribution in [0.4, 0.5) is 11.5 Å². The van der Waals surface area contributed by atoms with E-state index >= 15 is 0 Å². The van der Waals surface area contributed by atoms with Crippen LogP contribution in [0.1, 0.15) is 49.9 Å². The molecule has 0 unspecified atom stereocenters. The first-order chi connectivity index (χ1) is 21.4. The van der Waals surface area contributed by atoms with Crippen molar-refractivity contribution in [2.75, 3.05) is 49.1 Å². The van der Waals surface area contributed by atoms with Crippen LogP contribution in [-0.4, -0.2) is 83.1 Å². The second kappa shape index (κ2) is 12.8. The zero-order valence-corrected chi connectivity index (χ0v) is 26.2. The number of fused-ring (bicyclic) bond motifs is 2. The van der Waals surface area contributed by atoms with Gasteiger partial charge in [-0.05, 0) is 69.7 Å². The maximum atomic E-state index is 12.6. The van der Waals surface area contributed by atoms with Crippen molar-refractivity contribution < 1.29 is 9.53 Å². The summed E-state index contributed by atoms with van der Waals surface area (Å²) >= 11 is 0. The molecule has 1 amide bonds. The van der Waals surface area contributed by atoms with E-state index in [1.165, 1.54) is 34.5 Å². The van der Waals surface area contributed by atoms with Gasteiger partial charge in [0, 0.05) is 54.9 Å². The molecule has 2 atom stereocenters. The predicted molar refractivity (Wildman–Crippen MR) is 174 cm³/mol. The summed E-state index contributed by atoms with van der Waals surface area (Å²) in [5.41, 5.74) is 4.60. The van der Waals surface area contributed by atoms with Gasteiger partial charge >= 0.3 is 6.01 Å². The molecule has 0 bridgehead atoms. The van der Waals surface area contributed by atoms with Crippen molar-refractivity contribution in [1.29, 1.82) is 5.26 Å². The molecule has 2 aromatic carbocycles. The number of nitrogens with zero attached hydrogens (tertiary/aromatic N) is 7. The lowest BCUT2D eigenvalue weighted by Gasteiger charge is -2.42. The molecule has 3 aromatic rings. The summed E-state index contributed by atoms with van der Waals surface area (Å²) in [6.07, 6.45) is 4.68. The summed E-state index contributed by atoms with van der Waals surface area (Å²) in [7, 11) is 0. The largest absolute Gasteiger partial charge is 0.462 e. The summed E-state index contributed by atoms with van der Waals surface area (Å²) in [5.74, 6) is 0.741. The summed E-state index contributed by atoms with van der Waals surface area (Å²) in [5, 5.41) is 12.1. The molecule has 230 valence electrons. The minimum absolute atomic E-state index is 0.133. The Morgan fingerprint density at radius 1 is 1.11 bits per heavy atom. The van der Waals surface area contributed by atoms with Crippen LogP contribution in [0.3, 0.4) is 0 Å². The summed E-state index contributed by atoms with van der Waals surface area (Å²) in [6.45, 7) is 15.2. The molecule has 44 heavy (non-hydrogen) atoms.